The normalized spacial score (nSPS) is 17.6. The van der Waals surface area contributed by atoms with Crippen LogP contribution in [0.4, 0.5) is 8.78 Å². The number of halogens is 2. The van der Waals surface area contributed by atoms with E-state index in [4.69, 9.17) is 0 Å². The summed E-state index contributed by atoms with van der Waals surface area (Å²) in [5.74, 6) is -0.535. The van der Waals surface area contributed by atoms with E-state index in [1.807, 2.05) is 13.2 Å². The summed E-state index contributed by atoms with van der Waals surface area (Å²) in [5, 5.41) is 3.27. The molecule has 1 aromatic heterocycles. The Morgan fingerprint density at radius 2 is 2.00 bits per heavy atom. The zero-order valence-corrected chi connectivity index (χ0v) is 11.9. The molecule has 110 valence electrons. The van der Waals surface area contributed by atoms with Gasteiger partial charge in [0.15, 0.2) is 0 Å². The zero-order chi connectivity index (χ0) is 14.8. The molecule has 0 amide bonds. The predicted molar refractivity (Wildman–Crippen MR) is 75.9 cm³/mol. The van der Waals surface area contributed by atoms with Gasteiger partial charge in [0.25, 0.3) is 0 Å². The van der Waals surface area contributed by atoms with Gasteiger partial charge in [-0.3, -0.25) is 0 Å². The van der Waals surface area contributed by atoms with Crippen molar-refractivity contribution in [2.24, 2.45) is 0 Å². The van der Waals surface area contributed by atoms with Crippen LogP contribution in [-0.4, -0.2) is 17.0 Å². The van der Waals surface area contributed by atoms with Crippen LogP contribution >= 0.6 is 0 Å². The number of aryl methyl sites for hydroxylation is 1. The Morgan fingerprint density at radius 1 is 1.24 bits per heavy atom. The molecule has 0 saturated heterocycles. The summed E-state index contributed by atoms with van der Waals surface area (Å²) >= 11 is 0. The first-order valence-corrected chi connectivity index (χ1v) is 7.12. The first-order chi connectivity index (χ1) is 10.2. The molecule has 0 radical (unpaired) electrons. The minimum absolute atomic E-state index is 0.300. The highest BCUT2D eigenvalue weighted by Crippen LogP contribution is 2.27. The number of hydrogen-bond acceptors (Lipinski definition) is 3. The summed E-state index contributed by atoms with van der Waals surface area (Å²) in [6, 6.07) is 3.81. The van der Waals surface area contributed by atoms with Gasteiger partial charge in [-0.2, -0.15) is 0 Å². The van der Waals surface area contributed by atoms with E-state index in [0.29, 0.717) is 23.9 Å². The van der Waals surface area contributed by atoms with Gasteiger partial charge in [0.2, 0.25) is 0 Å². The van der Waals surface area contributed by atoms with Crippen LogP contribution < -0.4 is 5.32 Å². The van der Waals surface area contributed by atoms with Crippen molar-refractivity contribution in [3.8, 4) is 0 Å². The largest absolute Gasteiger partial charge is 0.313 e. The number of nitrogens with zero attached hydrogens (tertiary/aromatic N) is 2. The first-order valence-electron chi connectivity index (χ1n) is 7.12. The van der Waals surface area contributed by atoms with Crippen LogP contribution in [0.25, 0.3) is 0 Å². The number of fused-ring (bicyclic) bond motifs is 1. The smallest absolute Gasteiger partial charge is 0.132 e. The molecule has 0 saturated carbocycles. The average molecular weight is 289 g/mol. The highest BCUT2D eigenvalue weighted by Gasteiger charge is 2.20. The van der Waals surface area contributed by atoms with Gasteiger partial charge in [-0.1, -0.05) is 0 Å². The number of nitrogens with one attached hydrogen (secondary N) is 1. The molecular weight excluding hydrogens is 272 g/mol. The van der Waals surface area contributed by atoms with Crippen LogP contribution in [0.2, 0.25) is 0 Å². The Labute approximate surface area is 122 Å². The van der Waals surface area contributed by atoms with Gasteiger partial charge in [0, 0.05) is 36.0 Å². The fraction of sp³-hybridized carbons (Fsp3) is 0.375. The van der Waals surface area contributed by atoms with E-state index in [0.717, 1.165) is 36.6 Å². The molecule has 1 atom stereocenters. The highest BCUT2D eigenvalue weighted by molar-refractivity contribution is 5.27. The maximum atomic E-state index is 13.2. The molecule has 0 bridgehead atoms. The van der Waals surface area contributed by atoms with E-state index in [-0.39, 0.29) is 0 Å². The minimum Gasteiger partial charge on any atom is -0.313 e. The summed E-state index contributed by atoms with van der Waals surface area (Å²) < 4.78 is 26.4. The van der Waals surface area contributed by atoms with Gasteiger partial charge in [0.05, 0.1) is 0 Å². The van der Waals surface area contributed by atoms with Crippen LogP contribution in [0.5, 0.6) is 0 Å². The van der Waals surface area contributed by atoms with Gasteiger partial charge in [-0.05, 0) is 44.0 Å². The second kappa shape index (κ2) is 5.85. The Hall–Kier alpha value is -1.88. The monoisotopic (exact) mass is 289 g/mol. The molecule has 1 aliphatic rings. The lowest BCUT2D eigenvalue weighted by molar-refractivity contribution is 0.485. The minimum atomic E-state index is -0.571. The molecule has 0 spiro atoms. The summed E-state index contributed by atoms with van der Waals surface area (Å²) in [5.41, 5.74) is 2.73. The van der Waals surface area contributed by atoms with Crippen molar-refractivity contribution in [2.75, 3.05) is 7.05 Å². The number of benzene rings is 1. The molecule has 3 rings (SSSR count). The topological polar surface area (TPSA) is 37.8 Å². The third-order valence-corrected chi connectivity index (χ3v) is 3.86. The van der Waals surface area contributed by atoms with Crippen molar-refractivity contribution >= 4 is 0 Å². The average Bonchev–Trinajstić information content (AvgIpc) is 2.45. The molecule has 0 aliphatic heterocycles. The van der Waals surface area contributed by atoms with Gasteiger partial charge in [-0.15, -0.1) is 0 Å². The van der Waals surface area contributed by atoms with Gasteiger partial charge in [-0.25, -0.2) is 18.7 Å². The Balaban J connectivity index is 1.87. The summed E-state index contributed by atoms with van der Waals surface area (Å²) in [4.78, 5) is 8.92. The third-order valence-electron chi connectivity index (χ3n) is 3.86. The highest BCUT2D eigenvalue weighted by atomic mass is 19.1. The molecule has 21 heavy (non-hydrogen) atoms. The van der Waals surface area contributed by atoms with Crippen molar-refractivity contribution in [2.45, 2.75) is 31.7 Å². The second-order valence-electron chi connectivity index (χ2n) is 5.38. The van der Waals surface area contributed by atoms with Crippen LogP contribution in [-0.2, 0) is 12.8 Å². The van der Waals surface area contributed by atoms with Crippen LogP contribution in [0.3, 0.4) is 0 Å². The van der Waals surface area contributed by atoms with Gasteiger partial charge >= 0.3 is 0 Å². The summed E-state index contributed by atoms with van der Waals surface area (Å²) in [6.07, 6.45) is 5.28. The molecule has 5 heteroatoms. The predicted octanol–water partition coefficient (Wildman–Crippen LogP) is 2.94. The maximum absolute atomic E-state index is 13.2. The van der Waals surface area contributed by atoms with Crippen LogP contribution in [0, 0.1) is 11.6 Å². The fourth-order valence-electron chi connectivity index (χ4n) is 2.87. The summed E-state index contributed by atoms with van der Waals surface area (Å²) in [7, 11) is 1.93. The number of hydrogen-bond donors (Lipinski definition) is 1. The van der Waals surface area contributed by atoms with Crippen LogP contribution in [0.15, 0.2) is 24.4 Å². The van der Waals surface area contributed by atoms with Crippen molar-refractivity contribution in [1.29, 1.82) is 0 Å². The van der Waals surface area contributed by atoms with E-state index in [1.54, 1.807) is 0 Å². The van der Waals surface area contributed by atoms with E-state index in [2.05, 4.69) is 15.3 Å². The zero-order valence-electron chi connectivity index (χ0n) is 11.9. The van der Waals surface area contributed by atoms with Crippen molar-refractivity contribution in [3.05, 3.63) is 58.7 Å². The fourth-order valence-corrected chi connectivity index (χ4v) is 2.87. The number of rotatable bonds is 3. The quantitative estimate of drug-likeness (QED) is 0.944. The molecule has 2 aromatic rings. The van der Waals surface area contributed by atoms with E-state index >= 15 is 0 Å². The maximum Gasteiger partial charge on any atom is 0.132 e. The molecule has 0 fully saturated rings. The molecule has 1 N–H and O–H groups in total. The SMILES string of the molecule is CNC1CCCc2nc(Cc3cc(F)cc(F)c3)ncc21. The van der Waals surface area contributed by atoms with Crippen LogP contribution in [0.1, 0.15) is 41.5 Å². The Kier molecular flexibility index (Phi) is 3.92. The Bertz CT molecular complexity index is 638. The standard InChI is InChI=1S/C16H17F2N3/c1-19-14-3-2-4-15-13(14)9-20-16(21-15)7-10-5-11(17)8-12(18)6-10/h5-6,8-9,14,19H,2-4,7H2,1H3. The lowest BCUT2D eigenvalue weighted by Crippen LogP contribution is -2.23. The lowest BCUT2D eigenvalue weighted by Gasteiger charge is -2.24. The third kappa shape index (κ3) is 3.08. The van der Waals surface area contributed by atoms with Gasteiger partial charge in [0.1, 0.15) is 17.5 Å². The molecule has 1 aliphatic carbocycles. The molecular formula is C16H17F2N3. The van der Waals surface area contributed by atoms with Crippen molar-refractivity contribution in [1.82, 2.24) is 15.3 Å². The van der Waals surface area contributed by atoms with Crippen molar-refractivity contribution in [3.63, 3.8) is 0 Å². The number of aromatic nitrogens is 2. The first kappa shape index (κ1) is 14.1. The van der Waals surface area contributed by atoms with Crippen molar-refractivity contribution < 1.29 is 8.78 Å². The Morgan fingerprint density at radius 3 is 2.71 bits per heavy atom. The lowest BCUT2D eigenvalue weighted by atomic mass is 9.92. The molecule has 1 unspecified atom stereocenters. The van der Waals surface area contributed by atoms with E-state index in [1.165, 1.54) is 12.1 Å². The van der Waals surface area contributed by atoms with Gasteiger partial charge < -0.3 is 5.32 Å². The van der Waals surface area contributed by atoms with E-state index in [9.17, 15) is 8.78 Å². The molecule has 1 heterocycles. The van der Waals surface area contributed by atoms with E-state index < -0.39 is 11.6 Å². The summed E-state index contributed by atoms with van der Waals surface area (Å²) in [6.45, 7) is 0. The second-order valence-corrected chi connectivity index (χ2v) is 5.38. The molecule has 1 aromatic carbocycles. The molecule has 3 nitrogen and oxygen atoms in total.